The SMILES string of the molecule is O=S(=O)(NCCc1ccc(O)cc1)N1CCCCCC1. The highest BCUT2D eigenvalue weighted by Gasteiger charge is 2.21. The van der Waals surface area contributed by atoms with Gasteiger partial charge in [0.25, 0.3) is 10.2 Å². The fraction of sp³-hybridized carbons (Fsp3) is 0.571. The molecule has 2 rings (SSSR count). The van der Waals surface area contributed by atoms with Gasteiger partial charge < -0.3 is 5.11 Å². The summed E-state index contributed by atoms with van der Waals surface area (Å²) in [6.07, 6.45) is 4.73. The minimum absolute atomic E-state index is 0.221. The predicted octanol–water partition coefficient (Wildman–Crippen LogP) is 1.65. The molecule has 1 aliphatic rings. The molecule has 1 aromatic rings. The van der Waals surface area contributed by atoms with Crippen molar-refractivity contribution in [2.45, 2.75) is 32.1 Å². The Morgan fingerprint density at radius 1 is 1.05 bits per heavy atom. The zero-order valence-corrected chi connectivity index (χ0v) is 12.4. The summed E-state index contributed by atoms with van der Waals surface area (Å²) in [7, 11) is -3.35. The normalized spacial score (nSPS) is 17.8. The van der Waals surface area contributed by atoms with E-state index in [0.29, 0.717) is 26.1 Å². The standard InChI is InChI=1S/C14H22N2O3S/c17-14-7-5-13(6-8-14)9-10-15-20(18,19)16-11-3-1-2-4-12-16/h5-8,15,17H,1-4,9-12H2. The van der Waals surface area contributed by atoms with Crippen molar-refractivity contribution in [3.05, 3.63) is 29.8 Å². The van der Waals surface area contributed by atoms with Crippen molar-refractivity contribution >= 4 is 10.2 Å². The zero-order valence-electron chi connectivity index (χ0n) is 11.6. The largest absolute Gasteiger partial charge is 0.508 e. The van der Waals surface area contributed by atoms with Crippen molar-refractivity contribution in [3.63, 3.8) is 0 Å². The molecule has 0 unspecified atom stereocenters. The van der Waals surface area contributed by atoms with Gasteiger partial charge in [-0.1, -0.05) is 25.0 Å². The maximum absolute atomic E-state index is 12.2. The lowest BCUT2D eigenvalue weighted by atomic mass is 10.1. The summed E-state index contributed by atoms with van der Waals surface area (Å²) in [6.45, 7) is 1.62. The molecule has 0 spiro atoms. The minimum Gasteiger partial charge on any atom is -0.508 e. The number of nitrogens with one attached hydrogen (secondary N) is 1. The van der Waals surface area contributed by atoms with E-state index in [9.17, 15) is 13.5 Å². The number of nitrogens with zero attached hydrogens (tertiary/aromatic N) is 1. The second-order valence-electron chi connectivity index (χ2n) is 5.13. The number of phenols is 1. The van der Waals surface area contributed by atoms with Gasteiger partial charge in [0.1, 0.15) is 5.75 Å². The minimum atomic E-state index is -3.35. The van der Waals surface area contributed by atoms with Gasteiger partial charge in [0.2, 0.25) is 0 Å². The molecule has 0 amide bonds. The summed E-state index contributed by atoms with van der Waals surface area (Å²) < 4.78 is 28.5. The van der Waals surface area contributed by atoms with Gasteiger partial charge >= 0.3 is 0 Å². The lowest BCUT2D eigenvalue weighted by Gasteiger charge is -2.20. The Labute approximate surface area is 120 Å². The summed E-state index contributed by atoms with van der Waals surface area (Å²) in [5.41, 5.74) is 1.00. The van der Waals surface area contributed by atoms with Crippen molar-refractivity contribution < 1.29 is 13.5 Å². The van der Waals surface area contributed by atoms with Crippen LogP contribution >= 0.6 is 0 Å². The molecule has 0 aromatic heterocycles. The molecule has 0 radical (unpaired) electrons. The van der Waals surface area contributed by atoms with Crippen molar-refractivity contribution in [2.75, 3.05) is 19.6 Å². The predicted molar refractivity (Wildman–Crippen MR) is 78.8 cm³/mol. The van der Waals surface area contributed by atoms with Gasteiger partial charge in [-0.25, -0.2) is 4.72 Å². The first-order valence-corrected chi connectivity index (χ1v) is 8.54. The molecule has 1 aromatic carbocycles. The van der Waals surface area contributed by atoms with E-state index < -0.39 is 10.2 Å². The Bertz CT molecular complexity index is 506. The van der Waals surface area contributed by atoms with Crippen LogP contribution in [-0.4, -0.2) is 37.5 Å². The van der Waals surface area contributed by atoms with E-state index in [0.717, 1.165) is 31.2 Å². The van der Waals surface area contributed by atoms with E-state index in [1.807, 2.05) is 0 Å². The van der Waals surface area contributed by atoms with Crippen molar-refractivity contribution in [3.8, 4) is 5.75 Å². The first kappa shape index (κ1) is 15.3. The van der Waals surface area contributed by atoms with Gasteiger partial charge in [0.05, 0.1) is 0 Å². The molecule has 6 heteroatoms. The summed E-state index contributed by atoms with van der Waals surface area (Å²) in [6, 6.07) is 6.82. The van der Waals surface area contributed by atoms with Crippen LogP contribution in [0, 0.1) is 0 Å². The third-order valence-electron chi connectivity index (χ3n) is 3.54. The highest BCUT2D eigenvalue weighted by atomic mass is 32.2. The van der Waals surface area contributed by atoms with E-state index in [1.54, 1.807) is 28.6 Å². The molecule has 0 aliphatic carbocycles. The van der Waals surface area contributed by atoms with Crippen molar-refractivity contribution in [1.29, 1.82) is 0 Å². The molecular formula is C14H22N2O3S. The highest BCUT2D eigenvalue weighted by molar-refractivity contribution is 7.87. The van der Waals surface area contributed by atoms with Crippen LogP contribution in [-0.2, 0) is 16.6 Å². The molecule has 0 saturated carbocycles. The zero-order chi connectivity index (χ0) is 14.4. The lowest BCUT2D eigenvalue weighted by molar-refractivity contribution is 0.415. The maximum Gasteiger partial charge on any atom is 0.279 e. The fourth-order valence-electron chi connectivity index (χ4n) is 2.36. The smallest absolute Gasteiger partial charge is 0.279 e. The average Bonchev–Trinajstić information content (AvgIpc) is 2.70. The lowest BCUT2D eigenvalue weighted by Crippen LogP contribution is -2.41. The van der Waals surface area contributed by atoms with Gasteiger partial charge in [-0.15, -0.1) is 0 Å². The number of hydrogen-bond acceptors (Lipinski definition) is 3. The van der Waals surface area contributed by atoms with E-state index in [2.05, 4.69) is 4.72 Å². The van der Waals surface area contributed by atoms with Crippen LogP contribution in [0.3, 0.4) is 0 Å². The molecule has 2 N–H and O–H groups in total. The average molecular weight is 298 g/mol. The maximum atomic E-state index is 12.2. The molecule has 1 saturated heterocycles. The van der Waals surface area contributed by atoms with Gasteiger partial charge in [-0.3, -0.25) is 0 Å². The van der Waals surface area contributed by atoms with Crippen LogP contribution in [0.15, 0.2) is 24.3 Å². The van der Waals surface area contributed by atoms with Crippen LogP contribution in [0.4, 0.5) is 0 Å². The molecule has 1 heterocycles. The molecular weight excluding hydrogens is 276 g/mol. The number of phenolic OH excluding ortho intramolecular Hbond substituents is 1. The van der Waals surface area contributed by atoms with Crippen LogP contribution in [0.25, 0.3) is 0 Å². The topological polar surface area (TPSA) is 69.6 Å². The fourth-order valence-corrected chi connectivity index (χ4v) is 3.64. The van der Waals surface area contributed by atoms with E-state index in [-0.39, 0.29) is 5.75 Å². The molecule has 0 bridgehead atoms. The van der Waals surface area contributed by atoms with E-state index >= 15 is 0 Å². The monoisotopic (exact) mass is 298 g/mol. The summed E-state index contributed by atoms with van der Waals surface area (Å²) in [4.78, 5) is 0. The van der Waals surface area contributed by atoms with E-state index in [4.69, 9.17) is 0 Å². The van der Waals surface area contributed by atoms with Crippen molar-refractivity contribution in [1.82, 2.24) is 9.03 Å². The molecule has 1 aliphatic heterocycles. The molecule has 20 heavy (non-hydrogen) atoms. The molecule has 1 fully saturated rings. The van der Waals surface area contributed by atoms with E-state index in [1.165, 1.54) is 0 Å². The Balaban J connectivity index is 1.84. The number of rotatable bonds is 5. The van der Waals surface area contributed by atoms with Gasteiger partial charge in [-0.2, -0.15) is 12.7 Å². The molecule has 112 valence electrons. The molecule has 5 nitrogen and oxygen atoms in total. The summed E-state index contributed by atoms with van der Waals surface area (Å²) >= 11 is 0. The number of aromatic hydroxyl groups is 1. The van der Waals surface area contributed by atoms with Gasteiger partial charge in [-0.05, 0) is 37.0 Å². The Hall–Kier alpha value is -1.11. The van der Waals surface area contributed by atoms with Gasteiger partial charge in [0.15, 0.2) is 0 Å². The number of benzene rings is 1. The number of hydrogen-bond donors (Lipinski definition) is 2. The Morgan fingerprint density at radius 3 is 2.25 bits per heavy atom. The summed E-state index contributed by atoms with van der Waals surface area (Å²) in [5.74, 6) is 0.221. The quantitative estimate of drug-likeness (QED) is 0.868. The van der Waals surface area contributed by atoms with Crippen LogP contribution in [0.2, 0.25) is 0 Å². The first-order valence-electron chi connectivity index (χ1n) is 7.10. The second-order valence-corrected chi connectivity index (χ2v) is 6.88. The van der Waals surface area contributed by atoms with Crippen LogP contribution in [0.5, 0.6) is 5.75 Å². The third-order valence-corrected chi connectivity index (χ3v) is 5.15. The highest BCUT2D eigenvalue weighted by Crippen LogP contribution is 2.13. The van der Waals surface area contributed by atoms with Crippen LogP contribution < -0.4 is 4.72 Å². The van der Waals surface area contributed by atoms with Crippen molar-refractivity contribution in [2.24, 2.45) is 0 Å². The van der Waals surface area contributed by atoms with Gasteiger partial charge in [0, 0.05) is 19.6 Å². The second kappa shape index (κ2) is 7.06. The Morgan fingerprint density at radius 2 is 1.65 bits per heavy atom. The Kier molecular flexibility index (Phi) is 5.39. The third kappa shape index (κ3) is 4.47. The van der Waals surface area contributed by atoms with Crippen LogP contribution in [0.1, 0.15) is 31.2 Å². The first-order chi connectivity index (χ1) is 9.58. The molecule has 0 atom stereocenters. The summed E-state index contributed by atoms with van der Waals surface area (Å²) in [5, 5.41) is 9.19.